The van der Waals surface area contributed by atoms with Crippen molar-refractivity contribution in [3.63, 3.8) is 0 Å². The van der Waals surface area contributed by atoms with Crippen LogP contribution < -0.4 is 4.80 Å². The fourth-order valence-corrected chi connectivity index (χ4v) is 3.76. The quantitative estimate of drug-likeness (QED) is 0.518. The van der Waals surface area contributed by atoms with Crippen molar-refractivity contribution < 1.29 is 14.3 Å². The monoisotopic (exact) mass is 378 g/mol. The van der Waals surface area contributed by atoms with Crippen molar-refractivity contribution in [1.29, 1.82) is 0 Å². The van der Waals surface area contributed by atoms with Gasteiger partial charge in [-0.25, -0.2) is 4.79 Å². The molecule has 27 heavy (non-hydrogen) atoms. The highest BCUT2D eigenvalue weighted by Gasteiger charge is 2.12. The summed E-state index contributed by atoms with van der Waals surface area (Å²) >= 11 is 1.32. The molecule has 0 fully saturated rings. The molecular weight excluding hydrogens is 360 g/mol. The molecule has 0 aliphatic carbocycles. The second-order valence-electron chi connectivity index (χ2n) is 6.02. The second kappa shape index (κ2) is 8.02. The largest absolute Gasteiger partial charge is 0.465 e. The first-order chi connectivity index (χ1) is 13.0. The van der Waals surface area contributed by atoms with Crippen molar-refractivity contribution in [2.45, 2.75) is 19.9 Å². The molecule has 1 heterocycles. The van der Waals surface area contributed by atoms with E-state index in [-0.39, 0.29) is 18.9 Å². The normalized spacial score (nSPS) is 11.4. The predicted octanol–water partition coefficient (Wildman–Crippen LogP) is 3.10. The molecule has 0 bridgehead atoms. The van der Waals surface area contributed by atoms with Crippen LogP contribution >= 0.6 is 11.3 Å². The summed E-state index contributed by atoms with van der Waals surface area (Å²) in [6, 6.07) is 13.0. The summed E-state index contributed by atoms with van der Waals surface area (Å²) in [7, 11) is 1.34. The van der Waals surface area contributed by atoms with Gasteiger partial charge in [-0.05, 0) is 30.7 Å². The van der Waals surface area contributed by atoms with E-state index in [4.69, 9.17) is 11.2 Å². The van der Waals surface area contributed by atoms with Crippen LogP contribution in [0.5, 0.6) is 0 Å². The molecule has 0 N–H and O–H groups in total. The van der Waals surface area contributed by atoms with Crippen LogP contribution in [0.25, 0.3) is 10.2 Å². The van der Waals surface area contributed by atoms with Gasteiger partial charge in [-0.15, -0.1) is 6.42 Å². The molecule has 136 valence electrons. The number of ether oxygens (including phenoxy) is 1. The van der Waals surface area contributed by atoms with E-state index >= 15 is 0 Å². The van der Waals surface area contributed by atoms with Gasteiger partial charge in [0, 0.05) is 0 Å². The predicted molar refractivity (Wildman–Crippen MR) is 105 cm³/mol. The highest BCUT2D eigenvalue weighted by atomic mass is 32.1. The van der Waals surface area contributed by atoms with E-state index in [0.717, 1.165) is 21.3 Å². The summed E-state index contributed by atoms with van der Waals surface area (Å²) in [6.45, 7) is 2.28. The SMILES string of the molecule is C#CCn1c(=NC(=O)Cc2ccc(C)cc2)sc2cc(C(=O)OC)ccc21. The maximum absolute atomic E-state index is 12.4. The van der Waals surface area contributed by atoms with E-state index in [0.29, 0.717) is 10.4 Å². The van der Waals surface area contributed by atoms with E-state index in [2.05, 4.69) is 10.9 Å². The Morgan fingerprint density at radius 2 is 1.96 bits per heavy atom. The van der Waals surface area contributed by atoms with Gasteiger partial charge in [-0.3, -0.25) is 4.79 Å². The minimum atomic E-state index is -0.414. The van der Waals surface area contributed by atoms with Gasteiger partial charge in [-0.1, -0.05) is 47.1 Å². The van der Waals surface area contributed by atoms with Gasteiger partial charge in [0.25, 0.3) is 5.91 Å². The molecule has 0 aliphatic rings. The highest BCUT2D eigenvalue weighted by Crippen LogP contribution is 2.20. The average molecular weight is 378 g/mol. The highest BCUT2D eigenvalue weighted by molar-refractivity contribution is 7.16. The zero-order valence-corrected chi connectivity index (χ0v) is 15.9. The Bertz CT molecular complexity index is 1120. The first-order valence-electron chi connectivity index (χ1n) is 8.30. The van der Waals surface area contributed by atoms with Gasteiger partial charge in [-0.2, -0.15) is 4.99 Å². The number of carbonyl (C=O) groups excluding carboxylic acids is 2. The lowest BCUT2D eigenvalue weighted by atomic mass is 10.1. The molecule has 3 aromatic rings. The molecule has 0 radical (unpaired) electrons. The van der Waals surface area contributed by atoms with E-state index in [1.807, 2.05) is 31.2 Å². The average Bonchev–Trinajstić information content (AvgIpc) is 2.99. The molecule has 0 aliphatic heterocycles. The van der Waals surface area contributed by atoms with E-state index in [1.54, 1.807) is 22.8 Å². The maximum Gasteiger partial charge on any atom is 0.337 e. The fraction of sp³-hybridized carbons (Fsp3) is 0.190. The van der Waals surface area contributed by atoms with Crippen LogP contribution in [0.4, 0.5) is 0 Å². The van der Waals surface area contributed by atoms with E-state index in [9.17, 15) is 9.59 Å². The zero-order valence-electron chi connectivity index (χ0n) is 15.1. The Kier molecular flexibility index (Phi) is 5.53. The third-order valence-electron chi connectivity index (χ3n) is 4.05. The number of rotatable bonds is 4. The number of benzene rings is 2. The number of nitrogens with zero attached hydrogens (tertiary/aromatic N) is 2. The first-order valence-corrected chi connectivity index (χ1v) is 9.11. The van der Waals surface area contributed by atoms with Crippen LogP contribution in [0.1, 0.15) is 21.5 Å². The summed E-state index contributed by atoms with van der Waals surface area (Å²) < 4.78 is 7.37. The van der Waals surface area contributed by atoms with Crippen molar-refractivity contribution in [3.8, 4) is 12.3 Å². The van der Waals surface area contributed by atoms with Crippen molar-refractivity contribution in [2.75, 3.05) is 7.11 Å². The number of carbonyl (C=O) groups is 2. The summed E-state index contributed by atoms with van der Waals surface area (Å²) in [5.41, 5.74) is 3.32. The van der Waals surface area contributed by atoms with Crippen molar-refractivity contribution in [2.24, 2.45) is 4.99 Å². The Balaban J connectivity index is 2.00. The molecule has 3 rings (SSSR count). The van der Waals surface area contributed by atoms with Crippen LogP contribution in [0.2, 0.25) is 0 Å². The van der Waals surface area contributed by atoms with Crippen LogP contribution in [0.15, 0.2) is 47.5 Å². The molecule has 6 heteroatoms. The Labute approximate surface area is 160 Å². The minimum absolute atomic E-state index is 0.220. The lowest BCUT2D eigenvalue weighted by Crippen LogP contribution is -2.17. The van der Waals surface area contributed by atoms with Crippen LogP contribution in [-0.2, 0) is 22.5 Å². The van der Waals surface area contributed by atoms with Gasteiger partial charge in [0.05, 0.1) is 35.9 Å². The Hall–Kier alpha value is -3.17. The minimum Gasteiger partial charge on any atom is -0.465 e. The van der Waals surface area contributed by atoms with Gasteiger partial charge in [0.15, 0.2) is 4.80 Å². The number of hydrogen-bond acceptors (Lipinski definition) is 4. The lowest BCUT2D eigenvalue weighted by Gasteiger charge is -2.02. The standard InChI is InChI=1S/C21H18N2O3S/c1-4-11-23-17-10-9-16(20(25)26-3)13-18(17)27-21(23)22-19(24)12-15-7-5-14(2)6-8-15/h1,5-10,13H,11-12H2,2-3H3. The van der Waals surface area contributed by atoms with Crippen LogP contribution in [-0.4, -0.2) is 23.6 Å². The third-order valence-corrected chi connectivity index (χ3v) is 5.09. The molecular formula is C21H18N2O3S. The number of amides is 1. The number of hydrogen-bond donors (Lipinski definition) is 0. The van der Waals surface area contributed by atoms with Gasteiger partial charge in [0.1, 0.15) is 0 Å². The lowest BCUT2D eigenvalue weighted by molar-refractivity contribution is -0.117. The molecule has 2 aromatic carbocycles. The molecule has 1 amide bonds. The van der Waals surface area contributed by atoms with Crippen molar-refractivity contribution >= 4 is 33.4 Å². The number of fused-ring (bicyclic) bond motifs is 1. The molecule has 5 nitrogen and oxygen atoms in total. The molecule has 0 saturated heterocycles. The Morgan fingerprint density at radius 3 is 2.63 bits per heavy atom. The summed E-state index contributed by atoms with van der Waals surface area (Å²) in [4.78, 5) is 28.9. The summed E-state index contributed by atoms with van der Waals surface area (Å²) in [5.74, 6) is 1.93. The zero-order chi connectivity index (χ0) is 19.4. The topological polar surface area (TPSA) is 60.7 Å². The van der Waals surface area contributed by atoms with E-state index < -0.39 is 5.97 Å². The molecule has 1 aromatic heterocycles. The maximum atomic E-state index is 12.4. The number of esters is 1. The Morgan fingerprint density at radius 1 is 1.22 bits per heavy atom. The summed E-state index contributed by atoms with van der Waals surface area (Å²) in [5, 5.41) is 0. The number of terminal acetylenes is 1. The van der Waals surface area contributed by atoms with Crippen LogP contribution in [0, 0.1) is 19.3 Å². The van der Waals surface area contributed by atoms with Gasteiger partial charge in [0.2, 0.25) is 0 Å². The van der Waals surface area contributed by atoms with Gasteiger partial charge < -0.3 is 9.30 Å². The number of aromatic nitrogens is 1. The first kappa shape index (κ1) is 18.6. The number of thiazole rings is 1. The van der Waals surface area contributed by atoms with Crippen molar-refractivity contribution in [1.82, 2.24) is 4.57 Å². The number of aryl methyl sites for hydroxylation is 1. The van der Waals surface area contributed by atoms with Crippen LogP contribution in [0.3, 0.4) is 0 Å². The summed E-state index contributed by atoms with van der Waals surface area (Å²) in [6.07, 6.45) is 5.70. The van der Waals surface area contributed by atoms with Crippen molar-refractivity contribution in [3.05, 3.63) is 64.0 Å². The number of methoxy groups -OCH3 is 1. The third kappa shape index (κ3) is 4.15. The smallest absolute Gasteiger partial charge is 0.337 e. The van der Waals surface area contributed by atoms with Gasteiger partial charge >= 0.3 is 5.97 Å². The molecule has 0 spiro atoms. The molecule has 0 atom stereocenters. The molecule has 0 unspecified atom stereocenters. The van der Waals surface area contributed by atoms with E-state index in [1.165, 1.54) is 18.4 Å². The fourth-order valence-electron chi connectivity index (χ4n) is 2.67. The second-order valence-corrected chi connectivity index (χ2v) is 7.03. The molecule has 0 saturated carbocycles.